The lowest BCUT2D eigenvalue weighted by Gasteiger charge is -2.20. The molecule has 0 radical (unpaired) electrons. The molecule has 0 unspecified atom stereocenters. The summed E-state index contributed by atoms with van der Waals surface area (Å²) >= 11 is 3.14. The van der Waals surface area contributed by atoms with Crippen LogP contribution in [-0.4, -0.2) is 16.7 Å². The van der Waals surface area contributed by atoms with E-state index in [9.17, 15) is 9.18 Å². The van der Waals surface area contributed by atoms with Crippen molar-refractivity contribution in [1.29, 1.82) is 0 Å². The Kier molecular flexibility index (Phi) is 4.08. The lowest BCUT2D eigenvalue weighted by atomic mass is 10.2. The Morgan fingerprint density at radius 2 is 2.12 bits per heavy atom. The number of anilines is 1. The highest BCUT2D eigenvalue weighted by Gasteiger charge is 2.19. The van der Waals surface area contributed by atoms with Gasteiger partial charge in [-0.15, -0.1) is 0 Å². The van der Waals surface area contributed by atoms with Crippen LogP contribution < -0.4 is 5.32 Å². The summed E-state index contributed by atoms with van der Waals surface area (Å²) in [6, 6.07) is 0. The third kappa shape index (κ3) is 3.96. The van der Waals surface area contributed by atoms with E-state index in [-0.39, 0.29) is 5.69 Å². The minimum absolute atomic E-state index is 0.277. The molecule has 0 saturated heterocycles. The lowest BCUT2D eigenvalue weighted by Crippen LogP contribution is -2.27. The number of ether oxygens (including phenoxy) is 1. The van der Waals surface area contributed by atoms with Crippen molar-refractivity contribution >= 4 is 27.7 Å². The van der Waals surface area contributed by atoms with Gasteiger partial charge >= 0.3 is 6.09 Å². The summed E-state index contributed by atoms with van der Waals surface area (Å²) in [7, 11) is 0. The van der Waals surface area contributed by atoms with Crippen LogP contribution in [0.5, 0.6) is 0 Å². The molecule has 0 spiro atoms. The summed E-state index contributed by atoms with van der Waals surface area (Å²) in [6.45, 7) is 6.80. The first kappa shape index (κ1) is 13.9. The molecule has 1 N–H and O–H groups in total. The van der Waals surface area contributed by atoms with Crippen molar-refractivity contribution in [3.63, 3.8) is 0 Å². The number of pyridine rings is 1. The van der Waals surface area contributed by atoms with Crippen LogP contribution in [0, 0.1) is 12.7 Å². The molecule has 1 aromatic heterocycles. The largest absolute Gasteiger partial charge is 0.444 e. The van der Waals surface area contributed by atoms with E-state index in [1.54, 1.807) is 27.7 Å². The van der Waals surface area contributed by atoms with E-state index in [1.165, 1.54) is 0 Å². The number of amides is 1. The summed E-state index contributed by atoms with van der Waals surface area (Å²) in [5.41, 5.74) is -0.0254. The third-order valence-electron chi connectivity index (χ3n) is 1.86. The van der Waals surface area contributed by atoms with Gasteiger partial charge in [0.25, 0.3) is 0 Å². The van der Waals surface area contributed by atoms with Gasteiger partial charge in [0.05, 0.1) is 11.9 Å². The Hall–Kier alpha value is -1.17. The van der Waals surface area contributed by atoms with Crippen LogP contribution in [0.4, 0.5) is 14.9 Å². The molecule has 0 saturated carbocycles. The van der Waals surface area contributed by atoms with Crippen molar-refractivity contribution in [2.75, 3.05) is 5.32 Å². The van der Waals surface area contributed by atoms with Gasteiger partial charge in [-0.05, 0) is 43.6 Å². The van der Waals surface area contributed by atoms with Gasteiger partial charge in [0.1, 0.15) is 16.0 Å². The maximum atomic E-state index is 13.3. The molecule has 0 bridgehead atoms. The molecule has 0 aliphatic heterocycles. The zero-order chi connectivity index (χ0) is 13.2. The molecular weight excluding hydrogens is 291 g/mol. The molecule has 0 aromatic carbocycles. The minimum Gasteiger partial charge on any atom is -0.444 e. The molecule has 0 aliphatic rings. The molecule has 94 valence electrons. The summed E-state index contributed by atoms with van der Waals surface area (Å²) < 4.78 is 18.7. The number of rotatable bonds is 1. The predicted molar refractivity (Wildman–Crippen MR) is 66.5 cm³/mol. The van der Waals surface area contributed by atoms with E-state index in [0.717, 1.165) is 6.20 Å². The first-order valence-electron chi connectivity index (χ1n) is 5.01. The van der Waals surface area contributed by atoms with E-state index in [0.29, 0.717) is 10.2 Å². The smallest absolute Gasteiger partial charge is 0.412 e. The molecular formula is C11H14BrFN2O2. The van der Waals surface area contributed by atoms with Crippen LogP contribution in [0.25, 0.3) is 0 Å². The lowest BCUT2D eigenvalue weighted by molar-refractivity contribution is 0.0635. The van der Waals surface area contributed by atoms with Crippen LogP contribution in [-0.2, 0) is 4.74 Å². The van der Waals surface area contributed by atoms with Gasteiger partial charge in [0.15, 0.2) is 0 Å². The fourth-order valence-electron chi connectivity index (χ4n) is 1.10. The standard InChI is InChI=1S/C11H14BrFN2O2/c1-6-7(13)5-14-9(12)8(6)15-10(16)17-11(2,3)4/h5H,1-4H3,(H,15,16). The molecule has 6 heteroatoms. The van der Waals surface area contributed by atoms with E-state index in [4.69, 9.17) is 4.74 Å². The van der Waals surface area contributed by atoms with Gasteiger partial charge in [-0.3, -0.25) is 5.32 Å². The van der Waals surface area contributed by atoms with Gasteiger partial charge in [0.2, 0.25) is 0 Å². The molecule has 1 aromatic rings. The number of hydrogen-bond donors (Lipinski definition) is 1. The second kappa shape index (κ2) is 5.00. The SMILES string of the molecule is Cc1c(F)cnc(Br)c1NC(=O)OC(C)(C)C. The number of hydrogen-bond acceptors (Lipinski definition) is 3. The van der Waals surface area contributed by atoms with E-state index < -0.39 is 17.5 Å². The maximum Gasteiger partial charge on any atom is 0.412 e. The van der Waals surface area contributed by atoms with Gasteiger partial charge < -0.3 is 4.74 Å². The summed E-state index contributed by atoms with van der Waals surface area (Å²) in [5.74, 6) is -0.487. The van der Waals surface area contributed by atoms with Crippen molar-refractivity contribution < 1.29 is 13.9 Å². The average molecular weight is 305 g/mol. The van der Waals surface area contributed by atoms with Gasteiger partial charge in [-0.2, -0.15) is 0 Å². The van der Waals surface area contributed by atoms with Gasteiger partial charge in [0, 0.05) is 5.56 Å². The monoisotopic (exact) mass is 304 g/mol. The summed E-state index contributed by atoms with van der Waals surface area (Å²) in [4.78, 5) is 15.3. The fourth-order valence-corrected chi connectivity index (χ4v) is 1.60. The fraction of sp³-hybridized carbons (Fsp3) is 0.455. The number of carbonyl (C=O) groups excluding carboxylic acids is 1. The Labute approximate surface area is 108 Å². The van der Waals surface area contributed by atoms with Crippen LogP contribution in [0.3, 0.4) is 0 Å². The van der Waals surface area contributed by atoms with Gasteiger partial charge in [-0.25, -0.2) is 14.2 Å². The highest BCUT2D eigenvalue weighted by atomic mass is 79.9. The first-order chi connectivity index (χ1) is 7.70. The van der Waals surface area contributed by atoms with Crippen molar-refractivity contribution in [1.82, 2.24) is 4.98 Å². The number of nitrogens with zero attached hydrogens (tertiary/aromatic N) is 1. The quantitative estimate of drug-likeness (QED) is 0.806. The highest BCUT2D eigenvalue weighted by molar-refractivity contribution is 9.10. The Bertz CT molecular complexity index is 444. The van der Waals surface area contributed by atoms with E-state index in [1.807, 2.05) is 0 Å². The molecule has 1 rings (SSSR count). The second-order valence-electron chi connectivity index (χ2n) is 4.52. The molecule has 0 aliphatic carbocycles. The molecule has 0 fully saturated rings. The van der Waals surface area contributed by atoms with Crippen molar-refractivity contribution in [3.8, 4) is 0 Å². The molecule has 1 heterocycles. The Morgan fingerprint density at radius 1 is 1.53 bits per heavy atom. The van der Waals surface area contributed by atoms with Crippen LogP contribution in [0.1, 0.15) is 26.3 Å². The third-order valence-corrected chi connectivity index (χ3v) is 2.46. The first-order valence-corrected chi connectivity index (χ1v) is 5.80. The number of carbonyl (C=O) groups is 1. The van der Waals surface area contributed by atoms with Crippen molar-refractivity contribution in [2.24, 2.45) is 0 Å². The highest BCUT2D eigenvalue weighted by Crippen LogP contribution is 2.26. The molecule has 1 amide bonds. The number of nitrogens with one attached hydrogen (secondary N) is 1. The zero-order valence-corrected chi connectivity index (χ0v) is 11.7. The second-order valence-corrected chi connectivity index (χ2v) is 5.27. The predicted octanol–water partition coefficient (Wildman–Crippen LogP) is 3.64. The van der Waals surface area contributed by atoms with E-state index in [2.05, 4.69) is 26.2 Å². The molecule has 17 heavy (non-hydrogen) atoms. The van der Waals surface area contributed by atoms with Crippen LogP contribution in [0.15, 0.2) is 10.8 Å². The maximum absolute atomic E-state index is 13.3. The molecule has 4 nitrogen and oxygen atoms in total. The average Bonchev–Trinajstić information content (AvgIpc) is 2.16. The number of halogens is 2. The summed E-state index contributed by atoms with van der Waals surface area (Å²) in [6.07, 6.45) is 0.438. The van der Waals surface area contributed by atoms with Gasteiger partial charge in [-0.1, -0.05) is 0 Å². The summed E-state index contributed by atoms with van der Waals surface area (Å²) in [5, 5.41) is 2.47. The molecule has 0 atom stereocenters. The topological polar surface area (TPSA) is 51.2 Å². The van der Waals surface area contributed by atoms with Crippen molar-refractivity contribution in [3.05, 3.63) is 22.2 Å². The minimum atomic E-state index is -0.645. The van der Waals surface area contributed by atoms with Crippen LogP contribution >= 0.6 is 15.9 Å². The number of aromatic nitrogens is 1. The normalized spacial score (nSPS) is 11.2. The Morgan fingerprint density at radius 3 is 2.65 bits per heavy atom. The Balaban J connectivity index is 2.89. The van der Waals surface area contributed by atoms with Crippen LogP contribution in [0.2, 0.25) is 0 Å². The van der Waals surface area contributed by atoms with E-state index >= 15 is 0 Å². The van der Waals surface area contributed by atoms with Crippen molar-refractivity contribution in [2.45, 2.75) is 33.3 Å². The zero-order valence-electron chi connectivity index (χ0n) is 10.1.